The Morgan fingerprint density at radius 1 is 1.35 bits per heavy atom. The highest BCUT2D eigenvalue weighted by Crippen LogP contribution is 2.30. The number of nitrogens with one attached hydrogen (secondary N) is 2. The van der Waals surface area contributed by atoms with E-state index in [1.54, 1.807) is 18.5 Å². The fourth-order valence-corrected chi connectivity index (χ4v) is 3.76. The molecule has 8 heteroatoms. The van der Waals surface area contributed by atoms with Gasteiger partial charge in [0.1, 0.15) is 0 Å². The van der Waals surface area contributed by atoms with E-state index < -0.39 is 0 Å². The fourth-order valence-electron chi connectivity index (χ4n) is 3.76. The van der Waals surface area contributed by atoms with E-state index in [-0.39, 0.29) is 17.5 Å². The van der Waals surface area contributed by atoms with Crippen LogP contribution >= 0.6 is 0 Å². The van der Waals surface area contributed by atoms with Crippen molar-refractivity contribution in [1.29, 1.82) is 0 Å². The standard InChI is InChI=1S/C18H22N6O2/c1-11-13(12(2)22-21-11)9-16(25)23-7-4-3-5-15(23)14-10-17(26)24-8-6-19-18(24)20-14/h6,8,10,15H,3-5,7,9H2,1-2H3,(H,19,20)(H,21,22)/t15-/m1/s1. The van der Waals surface area contributed by atoms with E-state index in [1.165, 1.54) is 4.40 Å². The summed E-state index contributed by atoms with van der Waals surface area (Å²) in [4.78, 5) is 34.6. The molecule has 1 aliphatic heterocycles. The van der Waals surface area contributed by atoms with Crippen LogP contribution in [0, 0.1) is 13.8 Å². The molecule has 1 amide bonds. The molecule has 0 radical (unpaired) electrons. The van der Waals surface area contributed by atoms with E-state index in [2.05, 4.69) is 20.2 Å². The number of hydrogen-bond donors (Lipinski definition) is 2. The summed E-state index contributed by atoms with van der Waals surface area (Å²) in [7, 11) is 0. The van der Waals surface area contributed by atoms with Crippen LogP contribution in [0.2, 0.25) is 0 Å². The Kier molecular flexibility index (Phi) is 4.10. The number of imidazole rings is 1. The summed E-state index contributed by atoms with van der Waals surface area (Å²) < 4.78 is 1.47. The molecule has 1 saturated heterocycles. The van der Waals surface area contributed by atoms with E-state index in [4.69, 9.17) is 0 Å². The Labute approximate surface area is 150 Å². The largest absolute Gasteiger partial charge is 0.334 e. The molecule has 1 fully saturated rings. The molecule has 0 aliphatic carbocycles. The van der Waals surface area contributed by atoms with Crippen LogP contribution in [0.15, 0.2) is 23.3 Å². The molecule has 0 bridgehead atoms. The van der Waals surface area contributed by atoms with Crippen molar-refractivity contribution in [3.8, 4) is 0 Å². The van der Waals surface area contributed by atoms with E-state index in [9.17, 15) is 9.59 Å². The molecular weight excluding hydrogens is 332 g/mol. The van der Waals surface area contributed by atoms with E-state index in [0.29, 0.717) is 18.7 Å². The van der Waals surface area contributed by atoms with Crippen molar-refractivity contribution in [3.63, 3.8) is 0 Å². The molecule has 2 N–H and O–H groups in total. The van der Waals surface area contributed by atoms with Gasteiger partial charge in [-0.3, -0.25) is 19.1 Å². The third-order valence-corrected chi connectivity index (χ3v) is 5.20. The van der Waals surface area contributed by atoms with Crippen LogP contribution in [0.4, 0.5) is 0 Å². The molecule has 3 aromatic rings. The first-order chi connectivity index (χ1) is 12.5. The van der Waals surface area contributed by atoms with Gasteiger partial charge in [-0.05, 0) is 33.1 Å². The highest BCUT2D eigenvalue weighted by Gasteiger charge is 2.30. The molecule has 4 heterocycles. The van der Waals surface area contributed by atoms with Crippen molar-refractivity contribution >= 4 is 11.7 Å². The number of rotatable bonds is 3. The topological polar surface area (TPSA) is 99.2 Å². The lowest BCUT2D eigenvalue weighted by molar-refractivity contribution is -0.134. The number of aromatic amines is 2. The maximum absolute atomic E-state index is 13.0. The van der Waals surface area contributed by atoms with E-state index >= 15 is 0 Å². The van der Waals surface area contributed by atoms with Gasteiger partial charge in [-0.1, -0.05) is 0 Å². The summed E-state index contributed by atoms with van der Waals surface area (Å²) >= 11 is 0. The average molecular weight is 354 g/mol. The fraction of sp³-hybridized carbons (Fsp3) is 0.444. The number of amides is 1. The Balaban J connectivity index is 1.65. The van der Waals surface area contributed by atoms with Gasteiger partial charge in [0, 0.05) is 42.0 Å². The predicted molar refractivity (Wildman–Crippen MR) is 95.9 cm³/mol. The van der Waals surface area contributed by atoms with Gasteiger partial charge in [0.25, 0.3) is 5.56 Å². The Morgan fingerprint density at radius 3 is 2.96 bits per heavy atom. The number of fused-ring (bicyclic) bond motifs is 1. The smallest absolute Gasteiger partial charge is 0.259 e. The number of aromatic nitrogens is 5. The molecular formula is C18H22N6O2. The second kappa shape index (κ2) is 6.44. The third kappa shape index (κ3) is 2.81. The second-order valence-electron chi connectivity index (χ2n) is 6.87. The summed E-state index contributed by atoms with van der Waals surface area (Å²) in [6.45, 7) is 4.53. The molecule has 0 unspecified atom stereocenters. The summed E-state index contributed by atoms with van der Waals surface area (Å²) in [6.07, 6.45) is 6.38. The van der Waals surface area contributed by atoms with Crippen molar-refractivity contribution in [1.82, 2.24) is 29.5 Å². The van der Waals surface area contributed by atoms with Crippen LogP contribution in [-0.4, -0.2) is 41.9 Å². The Bertz CT molecular complexity index is 995. The number of piperidine rings is 1. The van der Waals surface area contributed by atoms with Gasteiger partial charge in [0.2, 0.25) is 11.7 Å². The SMILES string of the molecule is Cc1n[nH]c(C)c1CC(=O)N1CCCC[C@@H]1c1cc(=O)n2ccnc2[nH]1. The molecule has 3 aromatic heterocycles. The maximum atomic E-state index is 13.0. The molecule has 26 heavy (non-hydrogen) atoms. The predicted octanol–water partition coefficient (Wildman–Crippen LogP) is 1.66. The van der Waals surface area contributed by atoms with Crippen LogP contribution < -0.4 is 5.56 Å². The molecule has 1 aliphatic rings. The maximum Gasteiger partial charge on any atom is 0.259 e. The van der Waals surface area contributed by atoms with Crippen molar-refractivity contribution in [3.05, 3.63) is 51.5 Å². The number of likely N-dealkylation sites (tertiary alicyclic amines) is 1. The van der Waals surface area contributed by atoms with Gasteiger partial charge in [0.15, 0.2) is 0 Å². The first kappa shape index (κ1) is 16.6. The minimum absolute atomic E-state index is 0.0614. The van der Waals surface area contributed by atoms with Crippen molar-refractivity contribution in [2.24, 2.45) is 0 Å². The molecule has 0 saturated carbocycles. The molecule has 0 aromatic carbocycles. The van der Waals surface area contributed by atoms with Crippen LogP contribution in [0.3, 0.4) is 0 Å². The molecule has 0 spiro atoms. The number of aryl methyl sites for hydroxylation is 2. The zero-order valence-corrected chi connectivity index (χ0v) is 15.0. The number of H-pyrrole nitrogens is 2. The van der Waals surface area contributed by atoms with Gasteiger partial charge in [-0.2, -0.15) is 5.10 Å². The van der Waals surface area contributed by atoms with Crippen molar-refractivity contribution in [2.45, 2.75) is 45.6 Å². The number of carbonyl (C=O) groups excluding carboxylic acids is 1. The van der Waals surface area contributed by atoms with Gasteiger partial charge in [-0.25, -0.2) is 4.98 Å². The molecule has 1 atom stereocenters. The normalized spacial score (nSPS) is 17.8. The highest BCUT2D eigenvalue weighted by molar-refractivity contribution is 5.79. The van der Waals surface area contributed by atoms with Gasteiger partial charge < -0.3 is 9.88 Å². The third-order valence-electron chi connectivity index (χ3n) is 5.20. The zero-order valence-electron chi connectivity index (χ0n) is 15.0. The first-order valence-electron chi connectivity index (χ1n) is 8.91. The lowest BCUT2D eigenvalue weighted by atomic mass is 9.97. The van der Waals surface area contributed by atoms with E-state index in [1.807, 2.05) is 18.7 Å². The van der Waals surface area contributed by atoms with E-state index in [0.717, 1.165) is 41.9 Å². The lowest BCUT2D eigenvalue weighted by Gasteiger charge is -2.36. The number of carbonyl (C=O) groups is 1. The first-order valence-corrected chi connectivity index (χ1v) is 8.91. The summed E-state index contributed by atoms with van der Waals surface area (Å²) in [6, 6.07) is 1.46. The summed E-state index contributed by atoms with van der Waals surface area (Å²) in [5.41, 5.74) is 3.36. The minimum atomic E-state index is -0.134. The number of nitrogens with zero attached hydrogens (tertiary/aromatic N) is 4. The Hall–Kier alpha value is -2.90. The molecule has 4 rings (SSSR count). The van der Waals surface area contributed by atoms with Gasteiger partial charge >= 0.3 is 0 Å². The quantitative estimate of drug-likeness (QED) is 0.747. The monoisotopic (exact) mass is 354 g/mol. The number of hydrogen-bond acceptors (Lipinski definition) is 4. The minimum Gasteiger partial charge on any atom is -0.334 e. The van der Waals surface area contributed by atoms with Gasteiger partial charge in [0.05, 0.1) is 18.2 Å². The summed E-state index contributed by atoms with van der Waals surface area (Å²) in [5, 5.41) is 7.11. The molecule has 136 valence electrons. The average Bonchev–Trinajstić information content (AvgIpc) is 3.24. The van der Waals surface area contributed by atoms with Gasteiger partial charge in [-0.15, -0.1) is 0 Å². The zero-order chi connectivity index (χ0) is 18.3. The van der Waals surface area contributed by atoms with Crippen molar-refractivity contribution in [2.75, 3.05) is 6.54 Å². The Morgan fingerprint density at radius 2 is 2.19 bits per heavy atom. The lowest BCUT2D eigenvalue weighted by Crippen LogP contribution is -2.40. The molecule has 8 nitrogen and oxygen atoms in total. The summed E-state index contributed by atoms with van der Waals surface area (Å²) in [5.74, 6) is 0.568. The highest BCUT2D eigenvalue weighted by atomic mass is 16.2. The second-order valence-corrected chi connectivity index (χ2v) is 6.87. The van der Waals surface area contributed by atoms with Crippen LogP contribution in [0.5, 0.6) is 0 Å². The van der Waals surface area contributed by atoms with Crippen LogP contribution in [0.25, 0.3) is 5.78 Å². The van der Waals surface area contributed by atoms with Crippen LogP contribution in [0.1, 0.15) is 47.9 Å². The van der Waals surface area contributed by atoms with Crippen molar-refractivity contribution < 1.29 is 4.79 Å². The van der Waals surface area contributed by atoms with Crippen LogP contribution in [-0.2, 0) is 11.2 Å².